The smallest absolute Gasteiger partial charge is 0.259 e. The molecule has 0 aliphatic rings. The van der Waals surface area contributed by atoms with Crippen LogP contribution < -0.4 is 15.0 Å². The molecule has 31 heavy (non-hydrogen) atoms. The number of fused-ring (bicyclic) bond motifs is 1. The molecule has 0 aromatic carbocycles. The van der Waals surface area contributed by atoms with Crippen molar-refractivity contribution in [3.8, 4) is 16.9 Å². The normalized spacial score (nSPS) is 10.7. The van der Waals surface area contributed by atoms with Gasteiger partial charge in [-0.3, -0.25) is 14.5 Å². The van der Waals surface area contributed by atoms with E-state index in [1.54, 1.807) is 73.8 Å². The number of methoxy groups -OCH3 is 1. The van der Waals surface area contributed by atoms with Crippen molar-refractivity contribution in [2.45, 2.75) is 6.92 Å². The average molecular weight is 416 g/mol. The number of pyridine rings is 3. The number of nitrogens with zero attached hydrogens (tertiary/aromatic N) is 5. The molecule has 0 atom stereocenters. The number of aromatic nitrogens is 4. The molecule has 0 bridgehead atoms. The maximum absolute atomic E-state index is 13.1. The number of hydrogen-bond acceptors (Lipinski definition) is 6. The fraction of sp³-hybridized carbons (Fsp3) is 0.136. The van der Waals surface area contributed by atoms with Crippen molar-refractivity contribution < 1.29 is 14.3 Å². The van der Waals surface area contributed by atoms with Gasteiger partial charge < -0.3 is 10.1 Å². The number of anilines is 2. The zero-order valence-corrected chi connectivity index (χ0v) is 17.2. The molecule has 0 aliphatic carbocycles. The van der Waals surface area contributed by atoms with E-state index in [1.807, 2.05) is 6.07 Å². The zero-order chi connectivity index (χ0) is 22.0. The molecule has 0 spiro atoms. The van der Waals surface area contributed by atoms with Crippen molar-refractivity contribution >= 4 is 29.0 Å². The van der Waals surface area contributed by atoms with Crippen LogP contribution in [-0.2, 0) is 4.79 Å². The summed E-state index contributed by atoms with van der Waals surface area (Å²) in [5.41, 5.74) is 2.88. The van der Waals surface area contributed by atoms with E-state index in [0.717, 1.165) is 16.6 Å². The van der Waals surface area contributed by atoms with E-state index >= 15 is 0 Å². The molecule has 2 amide bonds. The summed E-state index contributed by atoms with van der Waals surface area (Å²) >= 11 is 0. The Kier molecular flexibility index (Phi) is 5.31. The number of carbonyl (C=O) groups is 2. The molecule has 4 aromatic rings. The summed E-state index contributed by atoms with van der Waals surface area (Å²) in [6.45, 7) is 1.43. The van der Waals surface area contributed by atoms with Crippen molar-refractivity contribution in [2.24, 2.45) is 0 Å². The summed E-state index contributed by atoms with van der Waals surface area (Å²) in [4.78, 5) is 34.2. The highest BCUT2D eigenvalue weighted by Gasteiger charge is 2.17. The first-order chi connectivity index (χ1) is 15.0. The summed E-state index contributed by atoms with van der Waals surface area (Å²) < 4.78 is 6.91. The molecule has 4 aromatic heterocycles. The third-order valence-corrected chi connectivity index (χ3v) is 4.75. The number of hydrogen-bond donors (Lipinski definition) is 1. The molecule has 4 heterocycles. The van der Waals surface area contributed by atoms with Crippen LogP contribution in [0.2, 0.25) is 0 Å². The van der Waals surface area contributed by atoms with E-state index in [1.165, 1.54) is 11.8 Å². The Morgan fingerprint density at radius 1 is 1.10 bits per heavy atom. The lowest BCUT2D eigenvalue weighted by molar-refractivity contribution is -0.114. The van der Waals surface area contributed by atoms with Gasteiger partial charge in [0.15, 0.2) is 0 Å². The number of carbonyl (C=O) groups excluding carboxylic acids is 2. The van der Waals surface area contributed by atoms with Crippen molar-refractivity contribution in [1.82, 2.24) is 19.6 Å². The quantitative estimate of drug-likeness (QED) is 0.537. The molecule has 0 unspecified atom stereocenters. The van der Waals surface area contributed by atoms with E-state index in [-0.39, 0.29) is 11.8 Å². The minimum absolute atomic E-state index is 0.186. The van der Waals surface area contributed by atoms with E-state index in [9.17, 15) is 9.59 Å². The molecule has 9 nitrogen and oxygen atoms in total. The van der Waals surface area contributed by atoms with Crippen molar-refractivity contribution in [1.29, 1.82) is 0 Å². The molecule has 9 heteroatoms. The third-order valence-electron chi connectivity index (χ3n) is 4.75. The van der Waals surface area contributed by atoms with Crippen LogP contribution in [0.4, 0.5) is 11.6 Å². The maximum atomic E-state index is 13.1. The van der Waals surface area contributed by atoms with Crippen LogP contribution in [0.15, 0.2) is 61.2 Å². The Morgan fingerprint density at radius 3 is 2.65 bits per heavy atom. The summed E-state index contributed by atoms with van der Waals surface area (Å²) in [6.07, 6.45) is 6.70. The van der Waals surface area contributed by atoms with Gasteiger partial charge in [-0.1, -0.05) is 0 Å². The minimum Gasteiger partial charge on any atom is -0.497 e. The second-order valence-electron chi connectivity index (χ2n) is 6.83. The van der Waals surface area contributed by atoms with Gasteiger partial charge in [0.25, 0.3) is 5.91 Å². The van der Waals surface area contributed by atoms with Gasteiger partial charge in [0.1, 0.15) is 17.4 Å². The van der Waals surface area contributed by atoms with E-state index < -0.39 is 0 Å². The molecular weight excluding hydrogens is 396 g/mol. The molecule has 156 valence electrons. The molecule has 0 aliphatic heterocycles. The van der Waals surface area contributed by atoms with Gasteiger partial charge in [-0.15, -0.1) is 0 Å². The standard InChI is InChI=1S/C22H20N6O3/c1-14(29)26-20-5-4-16(12-24-20)18-13-25-28-9-7-15(10-19(18)28)22(30)27(2)21-11-17(31-3)6-8-23-21/h4-13H,1-3H3,(H,24,26,29). The Morgan fingerprint density at radius 2 is 1.94 bits per heavy atom. The van der Waals surface area contributed by atoms with Gasteiger partial charge in [0.05, 0.1) is 18.8 Å². The molecule has 0 fully saturated rings. The fourth-order valence-corrected chi connectivity index (χ4v) is 3.15. The molecule has 0 saturated heterocycles. The molecule has 1 N–H and O–H groups in total. The molecular formula is C22H20N6O3. The third kappa shape index (κ3) is 4.06. The summed E-state index contributed by atoms with van der Waals surface area (Å²) in [7, 11) is 3.23. The van der Waals surface area contributed by atoms with Gasteiger partial charge in [0.2, 0.25) is 5.91 Å². The minimum atomic E-state index is -0.213. The van der Waals surface area contributed by atoms with Crippen LogP contribution in [0.5, 0.6) is 5.75 Å². The summed E-state index contributed by atoms with van der Waals surface area (Å²) in [5.74, 6) is 1.17. The maximum Gasteiger partial charge on any atom is 0.259 e. The van der Waals surface area contributed by atoms with Crippen molar-refractivity contribution in [3.05, 3.63) is 66.7 Å². The van der Waals surface area contributed by atoms with Gasteiger partial charge in [-0.05, 0) is 30.3 Å². The number of nitrogens with one attached hydrogen (secondary N) is 1. The lowest BCUT2D eigenvalue weighted by Crippen LogP contribution is -2.27. The highest BCUT2D eigenvalue weighted by atomic mass is 16.5. The Balaban J connectivity index is 1.66. The summed E-state index contributed by atoms with van der Waals surface area (Å²) in [5, 5.41) is 7.00. The van der Waals surface area contributed by atoms with Crippen LogP contribution >= 0.6 is 0 Å². The zero-order valence-electron chi connectivity index (χ0n) is 17.2. The number of ether oxygens (including phenoxy) is 1. The molecule has 0 saturated carbocycles. The second-order valence-corrected chi connectivity index (χ2v) is 6.83. The highest BCUT2D eigenvalue weighted by molar-refractivity contribution is 6.06. The summed E-state index contributed by atoms with van der Waals surface area (Å²) in [6, 6.07) is 10.5. The highest BCUT2D eigenvalue weighted by Crippen LogP contribution is 2.26. The fourth-order valence-electron chi connectivity index (χ4n) is 3.15. The molecule has 4 rings (SSSR count). The number of rotatable bonds is 5. The van der Waals surface area contributed by atoms with Crippen LogP contribution in [0, 0.1) is 0 Å². The van der Waals surface area contributed by atoms with Crippen molar-refractivity contribution in [3.63, 3.8) is 0 Å². The van der Waals surface area contributed by atoms with Crippen LogP contribution in [0.1, 0.15) is 17.3 Å². The number of amides is 2. The van der Waals surface area contributed by atoms with Crippen LogP contribution in [-0.4, -0.2) is 45.6 Å². The average Bonchev–Trinajstić information content (AvgIpc) is 3.21. The Hall–Kier alpha value is -4.27. The van der Waals surface area contributed by atoms with Crippen LogP contribution in [0.3, 0.4) is 0 Å². The predicted molar refractivity (Wildman–Crippen MR) is 116 cm³/mol. The van der Waals surface area contributed by atoms with Crippen LogP contribution in [0.25, 0.3) is 16.6 Å². The lowest BCUT2D eigenvalue weighted by Gasteiger charge is -2.17. The monoisotopic (exact) mass is 416 g/mol. The SMILES string of the molecule is COc1ccnc(N(C)C(=O)c2ccn3ncc(-c4ccc(NC(C)=O)nc4)c3c2)c1. The van der Waals surface area contributed by atoms with Gasteiger partial charge in [-0.25, -0.2) is 14.5 Å². The lowest BCUT2D eigenvalue weighted by atomic mass is 10.1. The Labute approximate surface area is 178 Å². The first-order valence-corrected chi connectivity index (χ1v) is 9.46. The topological polar surface area (TPSA) is 102 Å². The predicted octanol–water partition coefficient (Wildman–Crippen LogP) is 3.03. The first kappa shape index (κ1) is 20.0. The largest absolute Gasteiger partial charge is 0.497 e. The van der Waals surface area contributed by atoms with Gasteiger partial charge in [0, 0.05) is 55.3 Å². The van der Waals surface area contributed by atoms with E-state index in [4.69, 9.17) is 4.74 Å². The first-order valence-electron chi connectivity index (χ1n) is 9.46. The molecule has 0 radical (unpaired) electrons. The van der Waals surface area contributed by atoms with Gasteiger partial charge in [-0.2, -0.15) is 5.10 Å². The van der Waals surface area contributed by atoms with Crippen molar-refractivity contribution in [2.75, 3.05) is 24.4 Å². The van der Waals surface area contributed by atoms with Gasteiger partial charge >= 0.3 is 0 Å². The Bertz CT molecular complexity index is 1270. The second kappa shape index (κ2) is 8.23. The van der Waals surface area contributed by atoms with E-state index in [2.05, 4.69) is 20.4 Å². The van der Waals surface area contributed by atoms with E-state index in [0.29, 0.717) is 22.9 Å².